The van der Waals surface area contributed by atoms with Gasteiger partial charge in [-0.25, -0.2) is 13.4 Å². The highest BCUT2D eigenvalue weighted by molar-refractivity contribution is 7.89. The average Bonchev–Trinajstić information content (AvgIpc) is 3.15. The third kappa shape index (κ3) is 4.08. The van der Waals surface area contributed by atoms with E-state index in [9.17, 15) is 13.2 Å². The Morgan fingerprint density at radius 1 is 1.26 bits per heavy atom. The van der Waals surface area contributed by atoms with Crippen molar-refractivity contribution in [3.8, 4) is 0 Å². The summed E-state index contributed by atoms with van der Waals surface area (Å²) in [4.78, 5) is 23.1. The lowest BCUT2D eigenvalue weighted by Crippen LogP contribution is -2.42. The van der Waals surface area contributed by atoms with Crippen LogP contribution in [0.5, 0.6) is 0 Å². The van der Waals surface area contributed by atoms with E-state index in [0.29, 0.717) is 55.6 Å². The minimum Gasteiger partial charge on any atom is -0.309 e. The van der Waals surface area contributed by atoms with Crippen LogP contribution >= 0.6 is 0 Å². The normalized spacial score (nSPS) is 20.9. The second-order valence-electron chi connectivity index (χ2n) is 8.75. The molecule has 2 aromatic heterocycles. The van der Waals surface area contributed by atoms with E-state index < -0.39 is 16.1 Å². The van der Waals surface area contributed by atoms with Gasteiger partial charge in [-0.15, -0.1) is 0 Å². The van der Waals surface area contributed by atoms with Gasteiger partial charge in [0, 0.05) is 44.8 Å². The SMILES string of the molecule is CCn1cc(S(=O)(=O)N2CCCC[C@H]2c2nc3c(c(=O)[nH]2)CN(C(C)C)CC3)c(C)n1. The predicted octanol–water partition coefficient (Wildman–Crippen LogP) is 1.98. The number of fused-ring (bicyclic) bond motifs is 1. The standard InChI is InChI=1S/C21H32N6O3S/c1-5-26-13-19(15(4)24-26)31(29,30)27-10-7-6-8-18(27)20-22-17-9-11-25(14(2)3)12-16(17)21(28)23-20/h13-14,18H,5-12H2,1-4H3,(H,22,23,28)/t18-/m0/s1. The van der Waals surface area contributed by atoms with E-state index in [2.05, 4.69) is 28.8 Å². The van der Waals surface area contributed by atoms with Gasteiger partial charge in [0.25, 0.3) is 5.56 Å². The van der Waals surface area contributed by atoms with Crippen molar-refractivity contribution in [1.82, 2.24) is 29.0 Å². The maximum absolute atomic E-state index is 13.6. The van der Waals surface area contributed by atoms with Gasteiger partial charge in [0.15, 0.2) is 0 Å². The van der Waals surface area contributed by atoms with Crippen LogP contribution < -0.4 is 5.56 Å². The number of sulfonamides is 1. The molecule has 0 bridgehead atoms. The van der Waals surface area contributed by atoms with Gasteiger partial charge in [0.05, 0.1) is 23.0 Å². The molecule has 1 N–H and O–H groups in total. The minimum absolute atomic E-state index is 0.150. The molecule has 170 valence electrons. The van der Waals surface area contributed by atoms with E-state index in [1.807, 2.05) is 6.92 Å². The number of piperidine rings is 1. The minimum atomic E-state index is -3.75. The van der Waals surface area contributed by atoms with Crippen LogP contribution in [0.1, 0.15) is 68.9 Å². The van der Waals surface area contributed by atoms with Crippen molar-refractivity contribution in [3.05, 3.63) is 39.3 Å². The molecule has 0 aliphatic carbocycles. The molecular formula is C21H32N6O3S. The van der Waals surface area contributed by atoms with Crippen LogP contribution in [0.2, 0.25) is 0 Å². The van der Waals surface area contributed by atoms with Crippen molar-refractivity contribution >= 4 is 10.0 Å². The first kappa shape index (κ1) is 22.2. The molecule has 0 aromatic carbocycles. The van der Waals surface area contributed by atoms with E-state index in [-0.39, 0.29) is 10.5 Å². The maximum Gasteiger partial charge on any atom is 0.255 e. The molecule has 0 unspecified atom stereocenters. The second-order valence-corrected chi connectivity index (χ2v) is 10.6. The summed E-state index contributed by atoms with van der Waals surface area (Å²) in [6.45, 7) is 10.3. The molecule has 2 aliphatic rings. The van der Waals surface area contributed by atoms with Gasteiger partial charge >= 0.3 is 0 Å². The van der Waals surface area contributed by atoms with Crippen molar-refractivity contribution in [3.63, 3.8) is 0 Å². The Kier molecular flexibility index (Phi) is 6.06. The van der Waals surface area contributed by atoms with E-state index in [1.54, 1.807) is 17.8 Å². The van der Waals surface area contributed by atoms with E-state index in [4.69, 9.17) is 4.98 Å². The van der Waals surface area contributed by atoms with Gasteiger partial charge in [-0.05, 0) is 40.5 Å². The third-order valence-electron chi connectivity index (χ3n) is 6.43. The van der Waals surface area contributed by atoms with Crippen molar-refractivity contribution in [2.24, 2.45) is 0 Å². The van der Waals surface area contributed by atoms with Crippen LogP contribution in [-0.2, 0) is 29.5 Å². The number of H-pyrrole nitrogens is 1. The van der Waals surface area contributed by atoms with Gasteiger partial charge in [-0.1, -0.05) is 6.42 Å². The number of aromatic nitrogens is 4. The van der Waals surface area contributed by atoms with Gasteiger partial charge in [-0.2, -0.15) is 9.40 Å². The molecule has 0 amide bonds. The van der Waals surface area contributed by atoms with Crippen LogP contribution in [0.25, 0.3) is 0 Å². The first-order chi connectivity index (χ1) is 14.7. The Labute approximate surface area is 183 Å². The molecule has 1 fully saturated rings. The molecule has 10 heteroatoms. The van der Waals surface area contributed by atoms with Gasteiger partial charge in [-0.3, -0.25) is 14.4 Å². The van der Waals surface area contributed by atoms with Crippen LogP contribution in [0.4, 0.5) is 0 Å². The van der Waals surface area contributed by atoms with Crippen LogP contribution in [0, 0.1) is 6.92 Å². The number of nitrogens with one attached hydrogen (secondary N) is 1. The Morgan fingerprint density at radius 2 is 2.03 bits per heavy atom. The molecule has 4 rings (SSSR count). The van der Waals surface area contributed by atoms with E-state index in [1.165, 1.54) is 4.31 Å². The summed E-state index contributed by atoms with van der Waals surface area (Å²) in [6, 6.07) is -0.109. The Balaban J connectivity index is 1.71. The smallest absolute Gasteiger partial charge is 0.255 e. The highest BCUT2D eigenvalue weighted by Gasteiger charge is 2.38. The Morgan fingerprint density at radius 3 is 2.71 bits per heavy atom. The number of hydrogen-bond acceptors (Lipinski definition) is 6. The lowest BCUT2D eigenvalue weighted by atomic mass is 10.0. The maximum atomic E-state index is 13.6. The van der Waals surface area contributed by atoms with E-state index in [0.717, 1.165) is 25.1 Å². The van der Waals surface area contributed by atoms with Crippen LogP contribution in [-0.4, -0.2) is 56.5 Å². The van der Waals surface area contributed by atoms with Crippen LogP contribution in [0.15, 0.2) is 15.9 Å². The quantitative estimate of drug-likeness (QED) is 0.750. The fourth-order valence-electron chi connectivity index (χ4n) is 4.57. The molecule has 0 spiro atoms. The van der Waals surface area contributed by atoms with Crippen LogP contribution in [0.3, 0.4) is 0 Å². The monoisotopic (exact) mass is 448 g/mol. The first-order valence-electron chi connectivity index (χ1n) is 11.1. The molecule has 0 radical (unpaired) electrons. The number of aromatic amines is 1. The number of rotatable bonds is 5. The first-order valence-corrected chi connectivity index (χ1v) is 12.6. The zero-order chi connectivity index (χ0) is 22.3. The molecule has 2 aliphatic heterocycles. The molecule has 4 heterocycles. The second kappa shape index (κ2) is 8.48. The average molecular weight is 449 g/mol. The summed E-state index contributed by atoms with van der Waals surface area (Å²) in [5.41, 5.74) is 1.85. The molecular weight excluding hydrogens is 416 g/mol. The topological polar surface area (TPSA) is 104 Å². The van der Waals surface area contributed by atoms with E-state index >= 15 is 0 Å². The molecule has 2 aromatic rings. The summed E-state index contributed by atoms with van der Waals surface area (Å²) in [5.74, 6) is 0.463. The summed E-state index contributed by atoms with van der Waals surface area (Å²) in [7, 11) is -3.75. The summed E-state index contributed by atoms with van der Waals surface area (Å²) in [5, 5.41) is 4.31. The predicted molar refractivity (Wildman–Crippen MR) is 117 cm³/mol. The molecule has 1 saturated heterocycles. The third-order valence-corrected chi connectivity index (χ3v) is 8.44. The lowest BCUT2D eigenvalue weighted by molar-refractivity contribution is 0.198. The van der Waals surface area contributed by atoms with Crippen molar-refractivity contribution in [2.45, 2.75) is 83.4 Å². The van der Waals surface area contributed by atoms with Crippen molar-refractivity contribution in [1.29, 1.82) is 0 Å². The van der Waals surface area contributed by atoms with Gasteiger partial charge in [0.1, 0.15) is 10.7 Å². The van der Waals surface area contributed by atoms with Gasteiger partial charge in [0.2, 0.25) is 10.0 Å². The van der Waals surface area contributed by atoms with Crippen molar-refractivity contribution < 1.29 is 8.42 Å². The fraction of sp³-hybridized carbons (Fsp3) is 0.667. The molecule has 1 atom stereocenters. The summed E-state index contributed by atoms with van der Waals surface area (Å²) >= 11 is 0. The lowest BCUT2D eigenvalue weighted by Gasteiger charge is -2.35. The number of nitrogens with zero attached hydrogens (tertiary/aromatic N) is 5. The summed E-state index contributed by atoms with van der Waals surface area (Å²) in [6.07, 6.45) is 4.62. The Bertz CT molecular complexity index is 1120. The zero-order valence-electron chi connectivity index (χ0n) is 18.8. The molecule has 31 heavy (non-hydrogen) atoms. The number of hydrogen-bond donors (Lipinski definition) is 1. The Hall–Kier alpha value is -2.04. The molecule has 0 saturated carbocycles. The zero-order valence-corrected chi connectivity index (χ0v) is 19.6. The molecule has 9 nitrogen and oxygen atoms in total. The fourth-order valence-corrected chi connectivity index (χ4v) is 6.40. The van der Waals surface area contributed by atoms with Gasteiger partial charge < -0.3 is 4.98 Å². The largest absolute Gasteiger partial charge is 0.309 e. The highest BCUT2D eigenvalue weighted by Crippen LogP contribution is 2.35. The number of aryl methyl sites for hydroxylation is 2. The summed E-state index contributed by atoms with van der Waals surface area (Å²) < 4.78 is 30.3. The highest BCUT2D eigenvalue weighted by atomic mass is 32.2. The van der Waals surface area contributed by atoms with Crippen molar-refractivity contribution in [2.75, 3.05) is 13.1 Å².